The number of morpholine rings is 1. The summed E-state index contributed by atoms with van der Waals surface area (Å²) in [5, 5.41) is 0. The van der Waals surface area contributed by atoms with Crippen LogP contribution < -0.4 is 14.5 Å². The summed E-state index contributed by atoms with van der Waals surface area (Å²) in [5.74, 6) is 0.709. The molecular formula is C12H14N2O3S. The van der Waals surface area contributed by atoms with Gasteiger partial charge in [-0.25, -0.2) is 0 Å². The maximum atomic E-state index is 11.6. The number of hydrogen-bond acceptors (Lipinski definition) is 5. The Labute approximate surface area is 108 Å². The quantitative estimate of drug-likeness (QED) is 0.893. The van der Waals surface area contributed by atoms with Gasteiger partial charge in [0, 0.05) is 13.1 Å². The van der Waals surface area contributed by atoms with Gasteiger partial charge in [-0.1, -0.05) is 11.3 Å². The lowest BCUT2D eigenvalue weighted by Gasteiger charge is -2.29. The number of anilines is 1. The highest BCUT2D eigenvalue weighted by atomic mass is 32.1. The van der Waals surface area contributed by atoms with Crippen molar-refractivity contribution in [1.29, 1.82) is 0 Å². The zero-order valence-corrected chi connectivity index (χ0v) is 10.9. The molecule has 1 aromatic heterocycles. The molecule has 96 valence electrons. The SMILES string of the molecule is COc1ccc(N2CCOCC2)c2sc(=O)[nH]c12. The van der Waals surface area contributed by atoms with Crippen LogP contribution in [-0.2, 0) is 4.74 Å². The Balaban J connectivity index is 2.14. The van der Waals surface area contributed by atoms with Crippen molar-refractivity contribution >= 4 is 27.2 Å². The first-order chi connectivity index (χ1) is 8.79. The van der Waals surface area contributed by atoms with E-state index in [2.05, 4.69) is 9.88 Å². The number of rotatable bonds is 2. The molecule has 2 aromatic rings. The van der Waals surface area contributed by atoms with Crippen molar-refractivity contribution in [2.45, 2.75) is 0 Å². The van der Waals surface area contributed by atoms with Gasteiger partial charge in [0.05, 0.1) is 30.7 Å². The van der Waals surface area contributed by atoms with Gasteiger partial charge in [0.25, 0.3) is 0 Å². The third-order valence-corrected chi connectivity index (χ3v) is 4.00. The second-order valence-corrected chi connectivity index (χ2v) is 5.09. The van der Waals surface area contributed by atoms with Crippen molar-refractivity contribution in [3.63, 3.8) is 0 Å². The Morgan fingerprint density at radius 2 is 2.17 bits per heavy atom. The lowest BCUT2D eigenvalue weighted by atomic mass is 10.2. The highest BCUT2D eigenvalue weighted by Crippen LogP contribution is 2.34. The molecule has 18 heavy (non-hydrogen) atoms. The molecular weight excluding hydrogens is 252 g/mol. The second kappa shape index (κ2) is 4.62. The lowest BCUT2D eigenvalue weighted by molar-refractivity contribution is 0.123. The van der Waals surface area contributed by atoms with E-state index in [-0.39, 0.29) is 4.87 Å². The van der Waals surface area contributed by atoms with E-state index in [0.717, 1.165) is 42.2 Å². The van der Waals surface area contributed by atoms with Gasteiger partial charge >= 0.3 is 4.87 Å². The topological polar surface area (TPSA) is 54.6 Å². The van der Waals surface area contributed by atoms with E-state index < -0.39 is 0 Å². The molecule has 3 rings (SSSR count). The van der Waals surface area contributed by atoms with Crippen LogP contribution in [0.1, 0.15) is 0 Å². The summed E-state index contributed by atoms with van der Waals surface area (Å²) in [7, 11) is 1.61. The predicted molar refractivity (Wildman–Crippen MR) is 72.0 cm³/mol. The van der Waals surface area contributed by atoms with E-state index in [9.17, 15) is 4.79 Å². The Morgan fingerprint density at radius 1 is 1.39 bits per heavy atom. The molecule has 1 N–H and O–H groups in total. The molecule has 1 aliphatic rings. The summed E-state index contributed by atoms with van der Waals surface area (Å²) in [6.07, 6.45) is 0. The number of aromatic amines is 1. The van der Waals surface area contributed by atoms with Crippen molar-refractivity contribution in [2.75, 3.05) is 38.3 Å². The van der Waals surface area contributed by atoms with Crippen LogP contribution in [0, 0.1) is 0 Å². The molecule has 0 atom stereocenters. The largest absolute Gasteiger partial charge is 0.495 e. The summed E-state index contributed by atoms with van der Waals surface area (Å²) < 4.78 is 11.6. The average Bonchev–Trinajstić information content (AvgIpc) is 2.80. The molecule has 1 fully saturated rings. The van der Waals surface area contributed by atoms with Gasteiger partial charge in [-0.3, -0.25) is 4.79 Å². The van der Waals surface area contributed by atoms with Crippen LogP contribution in [0.25, 0.3) is 10.2 Å². The molecule has 0 saturated carbocycles. The van der Waals surface area contributed by atoms with Gasteiger partial charge in [0.15, 0.2) is 0 Å². The first-order valence-electron chi connectivity index (χ1n) is 5.82. The van der Waals surface area contributed by atoms with Gasteiger partial charge in [-0.2, -0.15) is 0 Å². The van der Waals surface area contributed by atoms with Gasteiger partial charge in [0.2, 0.25) is 0 Å². The molecule has 2 heterocycles. The van der Waals surface area contributed by atoms with Crippen molar-refractivity contribution < 1.29 is 9.47 Å². The fourth-order valence-corrected chi connectivity index (χ4v) is 3.11. The molecule has 5 nitrogen and oxygen atoms in total. The minimum absolute atomic E-state index is 0.0518. The van der Waals surface area contributed by atoms with Crippen molar-refractivity contribution in [3.05, 3.63) is 21.8 Å². The molecule has 0 spiro atoms. The number of benzene rings is 1. The number of ether oxygens (including phenoxy) is 2. The minimum atomic E-state index is -0.0518. The monoisotopic (exact) mass is 266 g/mol. The van der Waals surface area contributed by atoms with Crippen LogP contribution in [-0.4, -0.2) is 38.4 Å². The number of methoxy groups -OCH3 is 1. The number of hydrogen-bond donors (Lipinski definition) is 1. The van der Waals surface area contributed by atoms with Crippen LogP contribution in [0.3, 0.4) is 0 Å². The fraction of sp³-hybridized carbons (Fsp3) is 0.417. The summed E-state index contributed by atoms with van der Waals surface area (Å²) in [6.45, 7) is 3.17. The molecule has 0 radical (unpaired) electrons. The van der Waals surface area contributed by atoms with Gasteiger partial charge in [-0.15, -0.1) is 0 Å². The Kier molecular flexibility index (Phi) is 2.97. The van der Waals surface area contributed by atoms with Gasteiger partial charge < -0.3 is 19.4 Å². The van der Waals surface area contributed by atoms with E-state index in [1.54, 1.807) is 7.11 Å². The summed E-state index contributed by atoms with van der Waals surface area (Å²) >= 11 is 1.23. The zero-order valence-electron chi connectivity index (χ0n) is 10.1. The van der Waals surface area contributed by atoms with Gasteiger partial charge in [-0.05, 0) is 12.1 Å². The number of nitrogens with one attached hydrogen (secondary N) is 1. The van der Waals surface area contributed by atoms with Crippen LogP contribution in [0.4, 0.5) is 5.69 Å². The lowest BCUT2D eigenvalue weighted by Crippen LogP contribution is -2.36. The van der Waals surface area contributed by atoms with Crippen LogP contribution in [0.2, 0.25) is 0 Å². The molecule has 0 bridgehead atoms. The van der Waals surface area contributed by atoms with Crippen molar-refractivity contribution in [3.8, 4) is 5.75 Å². The number of aromatic nitrogens is 1. The van der Waals surface area contributed by atoms with Crippen LogP contribution >= 0.6 is 11.3 Å². The molecule has 6 heteroatoms. The molecule has 0 amide bonds. The first-order valence-corrected chi connectivity index (χ1v) is 6.64. The molecule has 1 aromatic carbocycles. The standard InChI is InChI=1S/C12H14N2O3S/c1-16-9-3-2-8(14-4-6-17-7-5-14)11-10(9)13-12(15)18-11/h2-3H,4-7H2,1H3,(H,13,15). The summed E-state index contributed by atoms with van der Waals surface area (Å²) in [5.41, 5.74) is 1.87. The number of thiazole rings is 1. The molecule has 0 unspecified atom stereocenters. The third kappa shape index (κ3) is 1.87. The highest BCUT2D eigenvalue weighted by molar-refractivity contribution is 7.17. The Hall–Kier alpha value is -1.53. The fourth-order valence-electron chi connectivity index (χ4n) is 2.22. The van der Waals surface area contributed by atoms with E-state index in [1.165, 1.54) is 11.3 Å². The number of nitrogens with zero attached hydrogens (tertiary/aromatic N) is 1. The molecule has 1 aliphatic heterocycles. The third-order valence-electron chi connectivity index (χ3n) is 3.09. The minimum Gasteiger partial charge on any atom is -0.495 e. The normalized spacial score (nSPS) is 16.2. The van der Waals surface area contributed by atoms with E-state index in [0.29, 0.717) is 5.75 Å². The van der Waals surface area contributed by atoms with Crippen molar-refractivity contribution in [1.82, 2.24) is 4.98 Å². The molecule has 0 aliphatic carbocycles. The van der Waals surface area contributed by atoms with Crippen molar-refractivity contribution in [2.24, 2.45) is 0 Å². The number of H-pyrrole nitrogens is 1. The average molecular weight is 266 g/mol. The van der Waals surface area contributed by atoms with Crippen LogP contribution in [0.15, 0.2) is 16.9 Å². The molecule has 1 saturated heterocycles. The maximum absolute atomic E-state index is 11.6. The second-order valence-electron chi connectivity index (χ2n) is 4.11. The maximum Gasteiger partial charge on any atom is 0.305 e. The first kappa shape index (κ1) is 11.6. The summed E-state index contributed by atoms with van der Waals surface area (Å²) in [6, 6.07) is 3.91. The van der Waals surface area contributed by atoms with Crippen LogP contribution in [0.5, 0.6) is 5.75 Å². The van der Waals surface area contributed by atoms with E-state index >= 15 is 0 Å². The zero-order chi connectivity index (χ0) is 12.5. The summed E-state index contributed by atoms with van der Waals surface area (Å²) in [4.78, 5) is 16.6. The Morgan fingerprint density at radius 3 is 2.89 bits per heavy atom. The number of fused-ring (bicyclic) bond motifs is 1. The van der Waals surface area contributed by atoms with E-state index in [4.69, 9.17) is 9.47 Å². The smallest absolute Gasteiger partial charge is 0.305 e. The van der Waals surface area contributed by atoms with Gasteiger partial charge in [0.1, 0.15) is 11.3 Å². The Bertz CT molecular complexity index is 613. The predicted octanol–water partition coefficient (Wildman–Crippen LogP) is 1.43. The highest BCUT2D eigenvalue weighted by Gasteiger charge is 2.17. The van der Waals surface area contributed by atoms with E-state index in [1.807, 2.05) is 12.1 Å².